The van der Waals surface area contributed by atoms with Crippen LogP contribution in [0.2, 0.25) is 5.02 Å². The Balaban J connectivity index is 2.29. The van der Waals surface area contributed by atoms with Crippen molar-refractivity contribution in [2.75, 3.05) is 0 Å². The molecule has 0 amide bonds. The number of thiocarbonyl (C=S) groups is 1. The maximum absolute atomic E-state index is 12.3. The van der Waals surface area contributed by atoms with Gasteiger partial charge in [-0.15, -0.1) is 0 Å². The van der Waals surface area contributed by atoms with Crippen molar-refractivity contribution in [3.05, 3.63) is 46.2 Å². The summed E-state index contributed by atoms with van der Waals surface area (Å²) in [5.41, 5.74) is 7.49. The molecule has 0 atom stereocenters. The molecule has 0 fully saturated rings. The van der Waals surface area contributed by atoms with Crippen LogP contribution in [0.4, 0.5) is 0 Å². The molecule has 1 aromatic carbocycles. The zero-order chi connectivity index (χ0) is 15.6. The van der Waals surface area contributed by atoms with Crippen LogP contribution in [0.15, 0.2) is 29.3 Å². The summed E-state index contributed by atoms with van der Waals surface area (Å²) >= 11 is 10.8. The number of nitrogens with one attached hydrogen (secondary N) is 2. The van der Waals surface area contributed by atoms with Crippen molar-refractivity contribution in [3.8, 4) is 0 Å². The first-order valence-corrected chi connectivity index (χ1v) is 8.16. The minimum atomic E-state index is -3.78. The van der Waals surface area contributed by atoms with Crippen LogP contribution in [0.5, 0.6) is 0 Å². The van der Waals surface area contributed by atoms with Crippen molar-refractivity contribution >= 4 is 38.8 Å². The Kier molecular flexibility index (Phi) is 4.62. The van der Waals surface area contributed by atoms with Crippen LogP contribution >= 0.6 is 23.8 Å². The Labute approximate surface area is 132 Å². The van der Waals surface area contributed by atoms with Crippen LogP contribution in [0.3, 0.4) is 0 Å². The van der Waals surface area contributed by atoms with Gasteiger partial charge in [0, 0.05) is 23.4 Å². The number of H-pyrrole nitrogens is 1. The van der Waals surface area contributed by atoms with E-state index in [-0.39, 0.29) is 21.5 Å². The van der Waals surface area contributed by atoms with Gasteiger partial charge in [-0.3, -0.25) is 5.10 Å². The minimum Gasteiger partial charge on any atom is -0.389 e. The molecule has 0 spiro atoms. The van der Waals surface area contributed by atoms with Crippen LogP contribution in [0, 0.1) is 6.92 Å². The number of hydrogen-bond acceptors (Lipinski definition) is 4. The summed E-state index contributed by atoms with van der Waals surface area (Å²) in [7, 11) is -3.78. The van der Waals surface area contributed by atoms with Crippen LogP contribution in [0.25, 0.3) is 0 Å². The molecule has 0 aliphatic rings. The van der Waals surface area contributed by atoms with E-state index < -0.39 is 10.0 Å². The van der Waals surface area contributed by atoms with Crippen LogP contribution in [-0.4, -0.2) is 23.6 Å². The zero-order valence-electron chi connectivity index (χ0n) is 11.1. The molecule has 2 aromatic rings. The van der Waals surface area contributed by atoms with E-state index in [1.54, 1.807) is 19.2 Å². The van der Waals surface area contributed by atoms with Gasteiger partial charge in [-0.1, -0.05) is 29.9 Å². The van der Waals surface area contributed by atoms with E-state index in [0.29, 0.717) is 5.56 Å². The maximum atomic E-state index is 12.3. The molecule has 1 aromatic heterocycles. The van der Waals surface area contributed by atoms with Gasteiger partial charge in [0.15, 0.2) is 0 Å². The number of aryl methyl sites for hydroxylation is 1. The van der Waals surface area contributed by atoms with Crippen LogP contribution in [0.1, 0.15) is 16.8 Å². The fourth-order valence-corrected chi connectivity index (χ4v) is 3.32. The first-order valence-electron chi connectivity index (χ1n) is 5.89. The second kappa shape index (κ2) is 6.10. The molecule has 21 heavy (non-hydrogen) atoms. The lowest BCUT2D eigenvalue weighted by Gasteiger charge is -2.09. The molecule has 1 heterocycles. The summed E-state index contributed by atoms with van der Waals surface area (Å²) in [4.78, 5) is 0.0458. The molecule has 0 unspecified atom stereocenters. The number of sulfonamides is 1. The second-order valence-corrected chi connectivity index (χ2v) is 6.94. The van der Waals surface area contributed by atoms with Gasteiger partial charge in [-0.05, 0) is 19.1 Å². The lowest BCUT2D eigenvalue weighted by Crippen LogP contribution is -2.24. The lowest BCUT2D eigenvalue weighted by atomic mass is 10.2. The standard InChI is InChI=1S/C12H13ClN4O2S2/c1-7-9(5-15-17-7)6-16-21(18,19)11-4-8(12(14)20)2-3-10(11)13/h2-5,16H,6H2,1H3,(H2,14,20)(H,15,17). The Morgan fingerprint density at radius 1 is 1.52 bits per heavy atom. The van der Waals surface area contributed by atoms with E-state index in [0.717, 1.165) is 11.3 Å². The van der Waals surface area contributed by atoms with Crippen LogP contribution < -0.4 is 10.5 Å². The fourth-order valence-electron chi connectivity index (χ4n) is 1.67. The fraction of sp³-hybridized carbons (Fsp3) is 0.167. The summed E-state index contributed by atoms with van der Waals surface area (Å²) in [6.07, 6.45) is 1.56. The van der Waals surface area contributed by atoms with Gasteiger partial charge in [-0.2, -0.15) is 5.10 Å². The third-order valence-corrected chi connectivity index (χ3v) is 5.01. The average Bonchev–Trinajstić information content (AvgIpc) is 2.82. The maximum Gasteiger partial charge on any atom is 0.242 e. The van der Waals surface area contributed by atoms with Gasteiger partial charge >= 0.3 is 0 Å². The van der Waals surface area contributed by atoms with E-state index in [4.69, 9.17) is 29.6 Å². The molecule has 0 radical (unpaired) electrons. The highest BCUT2D eigenvalue weighted by molar-refractivity contribution is 7.89. The SMILES string of the molecule is Cc1[nH]ncc1CNS(=O)(=O)c1cc(C(N)=S)ccc1Cl. The number of benzene rings is 1. The first kappa shape index (κ1) is 15.9. The zero-order valence-corrected chi connectivity index (χ0v) is 13.4. The predicted octanol–water partition coefficient (Wildman–Crippen LogP) is 1.48. The van der Waals surface area contributed by atoms with Gasteiger partial charge in [-0.25, -0.2) is 13.1 Å². The largest absolute Gasteiger partial charge is 0.389 e. The summed E-state index contributed by atoms with van der Waals surface area (Å²) < 4.78 is 27.1. The van der Waals surface area contributed by atoms with Gasteiger partial charge in [0.2, 0.25) is 10.0 Å². The number of rotatable bonds is 5. The monoisotopic (exact) mass is 344 g/mol. The third-order valence-electron chi connectivity index (χ3n) is 2.89. The smallest absolute Gasteiger partial charge is 0.242 e. The quantitative estimate of drug-likeness (QED) is 0.713. The van der Waals surface area contributed by atoms with Gasteiger partial charge in [0.25, 0.3) is 0 Å². The van der Waals surface area contributed by atoms with Crippen molar-refractivity contribution in [1.82, 2.24) is 14.9 Å². The minimum absolute atomic E-state index is 0.0596. The molecule has 0 aliphatic carbocycles. The Morgan fingerprint density at radius 2 is 2.24 bits per heavy atom. The molecule has 0 aliphatic heterocycles. The number of aromatic nitrogens is 2. The van der Waals surface area contributed by atoms with E-state index in [9.17, 15) is 8.42 Å². The van der Waals surface area contributed by atoms with Gasteiger partial charge in [0.05, 0.1) is 11.2 Å². The molecule has 0 saturated carbocycles. The van der Waals surface area contributed by atoms with Crippen molar-refractivity contribution in [1.29, 1.82) is 0 Å². The summed E-state index contributed by atoms with van der Waals surface area (Å²) in [5, 5.41) is 6.67. The van der Waals surface area contributed by atoms with E-state index in [1.807, 2.05) is 0 Å². The molecule has 4 N–H and O–H groups in total. The number of nitrogens with two attached hydrogens (primary N) is 1. The summed E-state index contributed by atoms with van der Waals surface area (Å²) in [5.74, 6) is 0. The van der Waals surface area contributed by atoms with Crippen molar-refractivity contribution in [3.63, 3.8) is 0 Å². The Hall–Kier alpha value is -1.48. The number of halogens is 1. The highest BCUT2D eigenvalue weighted by Crippen LogP contribution is 2.23. The Bertz CT molecular complexity index is 786. The number of aromatic amines is 1. The highest BCUT2D eigenvalue weighted by atomic mass is 35.5. The van der Waals surface area contributed by atoms with Crippen LogP contribution in [-0.2, 0) is 16.6 Å². The average molecular weight is 345 g/mol. The molecule has 0 saturated heterocycles. The van der Waals surface area contributed by atoms with E-state index in [1.165, 1.54) is 12.1 Å². The van der Waals surface area contributed by atoms with E-state index in [2.05, 4.69) is 14.9 Å². The molecular formula is C12H13ClN4O2S2. The molecule has 0 bridgehead atoms. The first-order chi connectivity index (χ1) is 9.81. The van der Waals surface area contributed by atoms with Gasteiger partial charge < -0.3 is 5.73 Å². The Morgan fingerprint density at radius 3 is 2.81 bits per heavy atom. The van der Waals surface area contributed by atoms with Crippen molar-refractivity contribution < 1.29 is 8.42 Å². The van der Waals surface area contributed by atoms with Gasteiger partial charge in [0.1, 0.15) is 9.88 Å². The topological polar surface area (TPSA) is 101 Å². The molecule has 112 valence electrons. The summed E-state index contributed by atoms with van der Waals surface area (Å²) in [6, 6.07) is 4.38. The second-order valence-electron chi connectivity index (χ2n) is 4.35. The van der Waals surface area contributed by atoms with Crippen molar-refractivity contribution in [2.45, 2.75) is 18.4 Å². The highest BCUT2D eigenvalue weighted by Gasteiger charge is 2.19. The lowest BCUT2D eigenvalue weighted by molar-refractivity contribution is 0.581. The number of hydrogen-bond donors (Lipinski definition) is 3. The molecule has 6 nitrogen and oxygen atoms in total. The molecule has 9 heteroatoms. The third kappa shape index (κ3) is 3.59. The molecule has 2 rings (SSSR count). The van der Waals surface area contributed by atoms with E-state index >= 15 is 0 Å². The predicted molar refractivity (Wildman–Crippen MR) is 84.7 cm³/mol. The number of nitrogens with zero attached hydrogens (tertiary/aromatic N) is 1. The normalized spacial score (nSPS) is 11.5. The molecular weight excluding hydrogens is 332 g/mol. The van der Waals surface area contributed by atoms with Crippen molar-refractivity contribution in [2.24, 2.45) is 5.73 Å². The summed E-state index contributed by atoms with van der Waals surface area (Å²) in [6.45, 7) is 1.91.